The second-order valence-corrected chi connectivity index (χ2v) is 7.36. The Balaban J connectivity index is 1.66. The fraction of sp³-hybridized carbons (Fsp3) is 0.263. The van der Waals surface area contributed by atoms with Crippen LogP contribution < -0.4 is 15.6 Å². The molecule has 0 aliphatic carbocycles. The van der Waals surface area contributed by atoms with Crippen LogP contribution in [0.4, 0.5) is 0 Å². The molecule has 9 heteroatoms. The maximum Gasteiger partial charge on any atom is 0.276 e. The number of nitrogens with one attached hydrogen (secondary N) is 2. The molecule has 0 atom stereocenters. The first kappa shape index (κ1) is 19.8. The van der Waals surface area contributed by atoms with E-state index in [1.54, 1.807) is 37.3 Å². The van der Waals surface area contributed by atoms with Gasteiger partial charge in [0.25, 0.3) is 17.5 Å². The number of aromatic nitrogens is 2. The molecular formula is C19H19BrN4O4. The number of carbonyl (C=O) groups is 2. The van der Waals surface area contributed by atoms with Gasteiger partial charge in [-0.2, -0.15) is 0 Å². The van der Waals surface area contributed by atoms with Crippen molar-refractivity contribution < 1.29 is 18.8 Å². The van der Waals surface area contributed by atoms with Crippen LogP contribution in [0, 0.1) is 6.92 Å². The van der Waals surface area contributed by atoms with Crippen LogP contribution >= 0.6 is 15.9 Å². The minimum atomic E-state index is -0.493. The molecule has 0 aliphatic rings. The molecule has 0 saturated heterocycles. The SMILES string of the molecule is Cc1noc2nc(C(C)C)cc(C(=O)NNC(=O)COc3ccc(Br)cc3)c12. The van der Waals surface area contributed by atoms with Gasteiger partial charge in [0.05, 0.1) is 16.6 Å². The van der Waals surface area contributed by atoms with Gasteiger partial charge in [0.15, 0.2) is 6.61 Å². The van der Waals surface area contributed by atoms with Crippen LogP contribution in [-0.2, 0) is 4.79 Å². The van der Waals surface area contributed by atoms with Gasteiger partial charge in [0.1, 0.15) is 5.75 Å². The summed E-state index contributed by atoms with van der Waals surface area (Å²) in [5, 5.41) is 4.39. The molecule has 2 heterocycles. The first-order valence-electron chi connectivity index (χ1n) is 8.59. The van der Waals surface area contributed by atoms with E-state index >= 15 is 0 Å². The molecule has 28 heavy (non-hydrogen) atoms. The lowest BCUT2D eigenvalue weighted by molar-refractivity contribution is -0.123. The summed E-state index contributed by atoms with van der Waals surface area (Å²) < 4.78 is 11.5. The highest BCUT2D eigenvalue weighted by atomic mass is 79.9. The molecule has 0 radical (unpaired) electrons. The Morgan fingerprint density at radius 2 is 1.93 bits per heavy atom. The third-order valence-electron chi connectivity index (χ3n) is 3.97. The maximum atomic E-state index is 12.6. The average Bonchev–Trinajstić information content (AvgIpc) is 3.06. The molecule has 2 N–H and O–H groups in total. The Morgan fingerprint density at radius 3 is 2.61 bits per heavy atom. The molecular weight excluding hydrogens is 428 g/mol. The van der Waals surface area contributed by atoms with E-state index < -0.39 is 11.8 Å². The quantitative estimate of drug-likeness (QED) is 0.582. The van der Waals surface area contributed by atoms with Gasteiger partial charge in [0, 0.05) is 10.2 Å². The number of carbonyl (C=O) groups excluding carboxylic acids is 2. The number of amides is 2. The second kappa shape index (κ2) is 8.39. The standard InChI is InChI=1S/C19H19BrN4O4/c1-10(2)15-8-14(17-11(3)24-28-19(17)21-15)18(26)23-22-16(25)9-27-13-6-4-12(20)5-7-13/h4-8,10H,9H2,1-3H3,(H,22,25)(H,23,26). The second-order valence-electron chi connectivity index (χ2n) is 6.44. The zero-order valence-electron chi connectivity index (χ0n) is 15.6. The molecule has 0 unspecified atom stereocenters. The highest BCUT2D eigenvalue weighted by Crippen LogP contribution is 2.24. The topological polar surface area (TPSA) is 106 Å². The van der Waals surface area contributed by atoms with Crippen LogP contribution in [0.3, 0.4) is 0 Å². The smallest absolute Gasteiger partial charge is 0.276 e. The largest absolute Gasteiger partial charge is 0.484 e. The van der Waals surface area contributed by atoms with E-state index in [4.69, 9.17) is 9.26 Å². The number of aryl methyl sites for hydroxylation is 1. The zero-order valence-corrected chi connectivity index (χ0v) is 17.2. The number of benzene rings is 1. The van der Waals surface area contributed by atoms with Crippen LogP contribution in [0.5, 0.6) is 5.75 Å². The molecule has 2 aromatic heterocycles. The van der Waals surface area contributed by atoms with Crippen molar-refractivity contribution in [2.45, 2.75) is 26.7 Å². The molecule has 3 rings (SSSR count). The fourth-order valence-corrected chi connectivity index (χ4v) is 2.76. The average molecular weight is 447 g/mol. The predicted molar refractivity (Wildman–Crippen MR) is 106 cm³/mol. The number of fused-ring (bicyclic) bond motifs is 1. The summed E-state index contributed by atoms with van der Waals surface area (Å²) >= 11 is 3.32. The van der Waals surface area contributed by atoms with Gasteiger partial charge in [0.2, 0.25) is 0 Å². The number of nitrogens with zero attached hydrogens (tertiary/aromatic N) is 2. The molecule has 0 spiro atoms. The van der Waals surface area contributed by atoms with E-state index in [1.165, 1.54) is 0 Å². The van der Waals surface area contributed by atoms with E-state index in [9.17, 15) is 9.59 Å². The molecule has 0 saturated carbocycles. The summed E-state index contributed by atoms with van der Waals surface area (Å²) in [6, 6.07) is 8.74. The summed E-state index contributed by atoms with van der Waals surface area (Å²) in [6.45, 7) is 5.40. The summed E-state index contributed by atoms with van der Waals surface area (Å²) in [5.41, 5.74) is 6.61. The van der Waals surface area contributed by atoms with Gasteiger partial charge in [-0.3, -0.25) is 20.4 Å². The molecule has 0 fully saturated rings. The van der Waals surface area contributed by atoms with Crippen molar-refractivity contribution in [2.24, 2.45) is 0 Å². The fourth-order valence-electron chi connectivity index (χ4n) is 2.50. The van der Waals surface area contributed by atoms with E-state index in [2.05, 4.69) is 36.9 Å². The Hall–Kier alpha value is -2.94. The van der Waals surface area contributed by atoms with Gasteiger partial charge in [-0.1, -0.05) is 34.9 Å². The van der Waals surface area contributed by atoms with Crippen molar-refractivity contribution in [2.75, 3.05) is 6.61 Å². The number of hydrazine groups is 1. The molecule has 2 amide bonds. The lowest BCUT2D eigenvalue weighted by Crippen LogP contribution is -2.44. The van der Waals surface area contributed by atoms with Crippen molar-refractivity contribution in [3.05, 3.63) is 51.8 Å². The number of hydrogen-bond acceptors (Lipinski definition) is 6. The summed E-state index contributed by atoms with van der Waals surface area (Å²) in [5.74, 6) is -0.345. The van der Waals surface area contributed by atoms with Gasteiger partial charge >= 0.3 is 0 Å². The van der Waals surface area contributed by atoms with Crippen LogP contribution in [0.1, 0.15) is 41.5 Å². The van der Waals surface area contributed by atoms with Gasteiger partial charge in [-0.25, -0.2) is 4.98 Å². The number of hydrogen-bond donors (Lipinski definition) is 2. The highest BCUT2D eigenvalue weighted by molar-refractivity contribution is 9.10. The van der Waals surface area contributed by atoms with Gasteiger partial charge in [-0.15, -0.1) is 0 Å². The van der Waals surface area contributed by atoms with E-state index in [1.807, 2.05) is 13.8 Å². The normalized spacial score (nSPS) is 10.9. The first-order chi connectivity index (χ1) is 13.3. The molecule has 0 aliphatic heterocycles. The Labute approximate surface area is 169 Å². The van der Waals surface area contributed by atoms with E-state index in [0.29, 0.717) is 33.8 Å². The number of rotatable bonds is 5. The Morgan fingerprint density at radius 1 is 1.21 bits per heavy atom. The molecule has 3 aromatic rings. The van der Waals surface area contributed by atoms with E-state index in [0.717, 1.165) is 4.47 Å². The summed E-state index contributed by atoms with van der Waals surface area (Å²) in [6.07, 6.45) is 0. The molecule has 0 bridgehead atoms. The Kier molecular flexibility index (Phi) is 5.93. The zero-order chi connectivity index (χ0) is 20.3. The number of ether oxygens (including phenoxy) is 1. The van der Waals surface area contributed by atoms with E-state index in [-0.39, 0.29) is 12.5 Å². The van der Waals surface area contributed by atoms with Crippen LogP contribution in [0.15, 0.2) is 39.3 Å². The lowest BCUT2D eigenvalue weighted by atomic mass is 10.0. The molecule has 1 aromatic carbocycles. The van der Waals surface area contributed by atoms with Gasteiger partial charge in [-0.05, 0) is 43.2 Å². The number of halogens is 1. The van der Waals surface area contributed by atoms with Crippen LogP contribution in [0.25, 0.3) is 11.1 Å². The highest BCUT2D eigenvalue weighted by Gasteiger charge is 2.20. The van der Waals surface area contributed by atoms with Crippen molar-refractivity contribution >= 4 is 38.8 Å². The first-order valence-corrected chi connectivity index (χ1v) is 9.39. The third-order valence-corrected chi connectivity index (χ3v) is 4.50. The van der Waals surface area contributed by atoms with Crippen molar-refractivity contribution in [3.8, 4) is 5.75 Å². The monoisotopic (exact) mass is 446 g/mol. The van der Waals surface area contributed by atoms with Crippen molar-refractivity contribution in [3.63, 3.8) is 0 Å². The lowest BCUT2D eigenvalue weighted by Gasteiger charge is -2.11. The predicted octanol–water partition coefficient (Wildman–Crippen LogP) is 3.26. The Bertz CT molecular complexity index is 1010. The van der Waals surface area contributed by atoms with Crippen LogP contribution in [-0.4, -0.2) is 28.6 Å². The molecule has 8 nitrogen and oxygen atoms in total. The van der Waals surface area contributed by atoms with Gasteiger partial charge < -0.3 is 9.26 Å². The molecule has 146 valence electrons. The van der Waals surface area contributed by atoms with Crippen molar-refractivity contribution in [1.82, 2.24) is 21.0 Å². The summed E-state index contributed by atoms with van der Waals surface area (Å²) in [7, 11) is 0. The minimum Gasteiger partial charge on any atom is -0.484 e. The number of pyridine rings is 1. The summed E-state index contributed by atoms with van der Waals surface area (Å²) in [4.78, 5) is 29.0. The van der Waals surface area contributed by atoms with Crippen molar-refractivity contribution in [1.29, 1.82) is 0 Å². The van der Waals surface area contributed by atoms with Crippen LogP contribution in [0.2, 0.25) is 0 Å². The minimum absolute atomic E-state index is 0.0928. The third kappa shape index (κ3) is 4.48. The maximum absolute atomic E-state index is 12.6.